The second-order valence-electron chi connectivity index (χ2n) is 5.07. The summed E-state index contributed by atoms with van der Waals surface area (Å²) in [6.07, 6.45) is 1.59. The highest BCUT2D eigenvalue weighted by Gasteiger charge is 2.21. The summed E-state index contributed by atoms with van der Waals surface area (Å²) in [5.74, 6) is 0.604. The minimum absolute atomic E-state index is 0.0592. The molecule has 0 amide bonds. The standard InChI is InChI=1S/C15H25NO/c1-4-11(2)9-15(17)14(10-16)13-7-5-6-12(3)8-13/h5-8,11,14-15,17H,4,9-10,16H2,1-3H3. The molecule has 0 aliphatic carbocycles. The summed E-state index contributed by atoms with van der Waals surface area (Å²) in [7, 11) is 0. The van der Waals surface area contributed by atoms with Crippen molar-refractivity contribution in [1.82, 2.24) is 0 Å². The molecule has 1 aromatic rings. The molecule has 3 atom stereocenters. The molecular weight excluding hydrogens is 210 g/mol. The van der Waals surface area contributed by atoms with Crippen LogP contribution >= 0.6 is 0 Å². The predicted octanol–water partition coefficient (Wildman–Crippen LogP) is 2.83. The van der Waals surface area contributed by atoms with Gasteiger partial charge in [0.15, 0.2) is 0 Å². The van der Waals surface area contributed by atoms with Crippen LogP contribution in [0.3, 0.4) is 0 Å². The molecule has 0 heterocycles. The van der Waals surface area contributed by atoms with E-state index in [2.05, 4.69) is 39.0 Å². The molecule has 0 saturated carbocycles. The van der Waals surface area contributed by atoms with Gasteiger partial charge in [-0.2, -0.15) is 0 Å². The van der Waals surface area contributed by atoms with E-state index < -0.39 is 0 Å². The lowest BCUT2D eigenvalue weighted by Gasteiger charge is -2.24. The SMILES string of the molecule is CCC(C)CC(O)C(CN)c1cccc(C)c1. The van der Waals surface area contributed by atoms with Crippen LogP contribution in [-0.4, -0.2) is 17.8 Å². The van der Waals surface area contributed by atoms with Crippen molar-refractivity contribution < 1.29 is 5.11 Å². The average molecular weight is 235 g/mol. The smallest absolute Gasteiger partial charge is 0.0623 e. The Morgan fingerprint density at radius 1 is 1.35 bits per heavy atom. The molecule has 17 heavy (non-hydrogen) atoms. The number of hydrogen-bond acceptors (Lipinski definition) is 2. The summed E-state index contributed by atoms with van der Waals surface area (Å²) in [6, 6.07) is 8.28. The maximum absolute atomic E-state index is 10.3. The van der Waals surface area contributed by atoms with E-state index in [1.54, 1.807) is 0 Å². The number of hydrogen-bond donors (Lipinski definition) is 2. The quantitative estimate of drug-likeness (QED) is 0.796. The van der Waals surface area contributed by atoms with Crippen LogP contribution < -0.4 is 5.73 Å². The first-order valence-electron chi connectivity index (χ1n) is 6.53. The Balaban J connectivity index is 2.77. The highest BCUT2D eigenvalue weighted by atomic mass is 16.3. The minimum atomic E-state index is -0.336. The molecule has 3 N–H and O–H groups in total. The van der Waals surface area contributed by atoms with Crippen LogP contribution in [0.1, 0.15) is 43.7 Å². The zero-order valence-electron chi connectivity index (χ0n) is 11.2. The molecule has 3 unspecified atom stereocenters. The molecule has 2 nitrogen and oxygen atoms in total. The lowest BCUT2D eigenvalue weighted by Crippen LogP contribution is -2.27. The summed E-state index contributed by atoms with van der Waals surface area (Å²) < 4.78 is 0. The van der Waals surface area contributed by atoms with Crippen LogP contribution in [0.4, 0.5) is 0 Å². The largest absolute Gasteiger partial charge is 0.392 e. The summed E-state index contributed by atoms with van der Waals surface area (Å²) in [6.45, 7) is 6.90. The van der Waals surface area contributed by atoms with Crippen molar-refractivity contribution in [3.63, 3.8) is 0 Å². The zero-order valence-corrected chi connectivity index (χ0v) is 11.2. The van der Waals surface area contributed by atoms with Crippen LogP contribution in [0.25, 0.3) is 0 Å². The second-order valence-corrected chi connectivity index (χ2v) is 5.07. The third-order valence-corrected chi connectivity index (χ3v) is 3.53. The number of benzene rings is 1. The first-order chi connectivity index (χ1) is 8.08. The molecule has 0 fully saturated rings. The van der Waals surface area contributed by atoms with E-state index >= 15 is 0 Å². The van der Waals surface area contributed by atoms with Gasteiger partial charge in [0.05, 0.1) is 6.10 Å². The third-order valence-electron chi connectivity index (χ3n) is 3.53. The Morgan fingerprint density at radius 2 is 2.06 bits per heavy atom. The first-order valence-corrected chi connectivity index (χ1v) is 6.53. The monoisotopic (exact) mass is 235 g/mol. The summed E-state index contributed by atoms with van der Waals surface area (Å²) in [4.78, 5) is 0. The number of aryl methyl sites for hydroxylation is 1. The molecule has 96 valence electrons. The van der Waals surface area contributed by atoms with Crippen molar-refractivity contribution in [1.29, 1.82) is 0 Å². The van der Waals surface area contributed by atoms with Crippen molar-refractivity contribution in [3.8, 4) is 0 Å². The maximum atomic E-state index is 10.3. The van der Waals surface area contributed by atoms with Crippen molar-refractivity contribution >= 4 is 0 Å². The Bertz CT molecular complexity index is 337. The van der Waals surface area contributed by atoms with Crippen molar-refractivity contribution in [2.24, 2.45) is 11.7 Å². The van der Waals surface area contributed by atoms with Crippen LogP contribution in [0.15, 0.2) is 24.3 Å². The van der Waals surface area contributed by atoms with Gasteiger partial charge in [0.1, 0.15) is 0 Å². The van der Waals surface area contributed by atoms with E-state index in [1.807, 2.05) is 6.07 Å². The minimum Gasteiger partial charge on any atom is -0.392 e. The number of aliphatic hydroxyl groups is 1. The Hall–Kier alpha value is -0.860. The molecule has 0 radical (unpaired) electrons. The molecule has 0 saturated heterocycles. The van der Waals surface area contributed by atoms with Crippen molar-refractivity contribution in [3.05, 3.63) is 35.4 Å². The number of rotatable bonds is 6. The first kappa shape index (κ1) is 14.2. The van der Waals surface area contributed by atoms with Gasteiger partial charge >= 0.3 is 0 Å². The lowest BCUT2D eigenvalue weighted by molar-refractivity contribution is 0.118. The summed E-state index contributed by atoms with van der Waals surface area (Å²) >= 11 is 0. The van der Waals surface area contributed by atoms with Crippen molar-refractivity contribution in [2.75, 3.05) is 6.54 Å². The maximum Gasteiger partial charge on any atom is 0.0623 e. The zero-order chi connectivity index (χ0) is 12.8. The summed E-state index contributed by atoms with van der Waals surface area (Å²) in [5.41, 5.74) is 8.19. The number of aliphatic hydroxyl groups excluding tert-OH is 1. The third kappa shape index (κ3) is 4.14. The number of nitrogens with two attached hydrogens (primary N) is 1. The van der Waals surface area contributed by atoms with Crippen molar-refractivity contribution in [2.45, 2.75) is 45.6 Å². The van der Waals surface area contributed by atoms with Gasteiger partial charge in [0, 0.05) is 12.5 Å². The fourth-order valence-electron chi connectivity index (χ4n) is 2.16. The van der Waals surface area contributed by atoms with Gasteiger partial charge in [-0.25, -0.2) is 0 Å². The molecule has 2 heteroatoms. The predicted molar refractivity (Wildman–Crippen MR) is 73.1 cm³/mol. The molecule has 0 aliphatic rings. The van der Waals surface area contributed by atoms with Gasteiger partial charge in [0.25, 0.3) is 0 Å². The fourth-order valence-corrected chi connectivity index (χ4v) is 2.16. The van der Waals surface area contributed by atoms with E-state index in [1.165, 1.54) is 5.56 Å². The van der Waals surface area contributed by atoms with E-state index in [4.69, 9.17) is 5.73 Å². The average Bonchev–Trinajstić information content (AvgIpc) is 2.30. The molecule has 0 aromatic heterocycles. The Morgan fingerprint density at radius 3 is 2.59 bits per heavy atom. The Labute approximate surface area is 105 Å². The molecule has 0 aliphatic heterocycles. The van der Waals surface area contributed by atoms with E-state index in [0.29, 0.717) is 12.5 Å². The summed E-state index contributed by atoms with van der Waals surface area (Å²) in [5, 5.41) is 10.3. The topological polar surface area (TPSA) is 46.2 Å². The fraction of sp³-hybridized carbons (Fsp3) is 0.600. The molecule has 0 spiro atoms. The normalized spacial score (nSPS) is 16.5. The highest BCUT2D eigenvalue weighted by Crippen LogP contribution is 2.24. The van der Waals surface area contributed by atoms with E-state index in [0.717, 1.165) is 18.4 Å². The van der Waals surface area contributed by atoms with E-state index in [9.17, 15) is 5.11 Å². The Kier molecular flexibility index (Phi) is 5.66. The molecule has 1 rings (SSSR count). The van der Waals surface area contributed by atoms with Gasteiger partial charge in [-0.1, -0.05) is 50.1 Å². The van der Waals surface area contributed by atoms with Gasteiger partial charge in [-0.3, -0.25) is 0 Å². The van der Waals surface area contributed by atoms with Gasteiger partial charge in [-0.05, 0) is 24.8 Å². The van der Waals surface area contributed by atoms with Crippen LogP contribution in [0, 0.1) is 12.8 Å². The van der Waals surface area contributed by atoms with Crippen LogP contribution in [-0.2, 0) is 0 Å². The van der Waals surface area contributed by atoms with Gasteiger partial charge < -0.3 is 10.8 Å². The molecule has 1 aromatic carbocycles. The molecular formula is C15H25NO. The highest BCUT2D eigenvalue weighted by molar-refractivity contribution is 5.26. The second kappa shape index (κ2) is 6.77. The van der Waals surface area contributed by atoms with E-state index in [-0.39, 0.29) is 12.0 Å². The lowest BCUT2D eigenvalue weighted by atomic mass is 9.87. The molecule has 0 bridgehead atoms. The van der Waals surface area contributed by atoms with Gasteiger partial charge in [-0.15, -0.1) is 0 Å². The van der Waals surface area contributed by atoms with Crippen LogP contribution in [0.2, 0.25) is 0 Å². The van der Waals surface area contributed by atoms with Crippen LogP contribution in [0.5, 0.6) is 0 Å². The van der Waals surface area contributed by atoms with Gasteiger partial charge in [0.2, 0.25) is 0 Å².